The van der Waals surface area contributed by atoms with E-state index in [1.807, 2.05) is 71.8 Å². The SMILES string of the molecule is C[C@H](CN[C@H](C(=O)Nc1ccc(-c2cnn(CC(=O)N3CCCC3)c2)cn1)c1ccccc1)c1ccc(C#N)cc1. The molecule has 1 saturated heterocycles. The van der Waals surface area contributed by atoms with Crippen molar-refractivity contribution in [3.8, 4) is 17.2 Å². The van der Waals surface area contributed by atoms with E-state index in [4.69, 9.17) is 5.26 Å². The fourth-order valence-corrected chi connectivity index (χ4v) is 4.95. The van der Waals surface area contributed by atoms with Crippen molar-refractivity contribution in [2.45, 2.75) is 38.3 Å². The predicted octanol–water partition coefficient (Wildman–Crippen LogP) is 4.51. The number of amides is 2. The van der Waals surface area contributed by atoms with Gasteiger partial charge >= 0.3 is 0 Å². The van der Waals surface area contributed by atoms with Crippen LogP contribution in [0.15, 0.2) is 85.3 Å². The minimum Gasteiger partial charge on any atom is -0.341 e. The molecular formula is C32H33N7O2. The zero-order chi connectivity index (χ0) is 28.6. The molecule has 0 radical (unpaired) electrons. The second-order valence-electron chi connectivity index (χ2n) is 10.3. The van der Waals surface area contributed by atoms with E-state index in [1.54, 1.807) is 23.1 Å². The van der Waals surface area contributed by atoms with Crippen molar-refractivity contribution < 1.29 is 9.59 Å². The number of aromatic nitrogens is 3. The third-order valence-electron chi connectivity index (χ3n) is 7.37. The number of nitrogens with zero attached hydrogens (tertiary/aromatic N) is 5. The number of carbonyl (C=O) groups is 2. The highest BCUT2D eigenvalue weighted by Gasteiger charge is 2.22. The summed E-state index contributed by atoms with van der Waals surface area (Å²) in [7, 11) is 0. The molecule has 0 spiro atoms. The molecule has 1 aliphatic rings. The molecule has 9 heteroatoms. The molecule has 208 valence electrons. The van der Waals surface area contributed by atoms with Crippen LogP contribution in [-0.2, 0) is 16.1 Å². The molecule has 3 heterocycles. The molecule has 1 fully saturated rings. The average molecular weight is 548 g/mol. The van der Waals surface area contributed by atoms with Crippen LogP contribution in [0.4, 0.5) is 5.82 Å². The van der Waals surface area contributed by atoms with Crippen LogP contribution in [-0.4, -0.2) is 51.1 Å². The molecule has 2 aromatic carbocycles. The summed E-state index contributed by atoms with van der Waals surface area (Å²) in [5.74, 6) is 0.446. The normalized spacial score (nSPS) is 14.3. The molecule has 2 amide bonds. The number of rotatable bonds is 10. The van der Waals surface area contributed by atoms with Gasteiger partial charge < -0.3 is 15.5 Å². The Morgan fingerprint density at radius 3 is 2.39 bits per heavy atom. The van der Waals surface area contributed by atoms with E-state index in [2.05, 4.69) is 33.7 Å². The molecule has 4 aromatic rings. The fraction of sp³-hybridized carbons (Fsp3) is 0.281. The Hall–Kier alpha value is -4.81. The first kappa shape index (κ1) is 27.7. The minimum atomic E-state index is -0.579. The van der Waals surface area contributed by atoms with E-state index in [0.29, 0.717) is 17.9 Å². The Balaban J connectivity index is 1.22. The fourth-order valence-electron chi connectivity index (χ4n) is 4.95. The molecule has 0 unspecified atom stereocenters. The van der Waals surface area contributed by atoms with Crippen LogP contribution >= 0.6 is 0 Å². The van der Waals surface area contributed by atoms with Gasteiger partial charge in [-0.3, -0.25) is 14.3 Å². The van der Waals surface area contributed by atoms with E-state index in [9.17, 15) is 9.59 Å². The maximum atomic E-state index is 13.4. The molecule has 9 nitrogen and oxygen atoms in total. The van der Waals surface area contributed by atoms with Gasteiger partial charge in [-0.1, -0.05) is 49.4 Å². The molecule has 0 aliphatic carbocycles. The molecule has 0 saturated carbocycles. The molecule has 2 aromatic heterocycles. The van der Waals surface area contributed by atoms with Crippen LogP contribution < -0.4 is 10.6 Å². The molecule has 1 aliphatic heterocycles. The maximum absolute atomic E-state index is 13.4. The van der Waals surface area contributed by atoms with Crippen LogP contribution in [0.1, 0.15) is 48.4 Å². The number of hydrogen-bond donors (Lipinski definition) is 2. The topological polar surface area (TPSA) is 116 Å². The number of likely N-dealkylation sites (tertiary alicyclic amines) is 1. The van der Waals surface area contributed by atoms with Crippen LogP contribution in [0.5, 0.6) is 0 Å². The van der Waals surface area contributed by atoms with Gasteiger partial charge in [0.2, 0.25) is 11.8 Å². The van der Waals surface area contributed by atoms with Crippen molar-refractivity contribution >= 4 is 17.6 Å². The number of nitriles is 1. The molecule has 5 rings (SSSR count). The number of carbonyl (C=O) groups excluding carboxylic acids is 2. The summed E-state index contributed by atoms with van der Waals surface area (Å²) in [6.45, 7) is 4.51. The second-order valence-corrected chi connectivity index (χ2v) is 10.3. The second kappa shape index (κ2) is 13.0. The summed E-state index contributed by atoms with van der Waals surface area (Å²) in [4.78, 5) is 32.2. The lowest BCUT2D eigenvalue weighted by Gasteiger charge is -2.21. The Morgan fingerprint density at radius 2 is 1.71 bits per heavy atom. The quantitative estimate of drug-likeness (QED) is 0.302. The lowest BCUT2D eigenvalue weighted by molar-refractivity contribution is -0.131. The summed E-state index contributed by atoms with van der Waals surface area (Å²) in [6.07, 6.45) is 7.37. The standard InChI is InChI=1S/C32H33N7O2/c1-23(25-11-9-24(17-33)10-12-25)18-35-31(26-7-3-2-4-8-26)32(41)37-29-14-13-27(19-34-29)28-20-36-39(21-28)22-30(40)38-15-5-6-16-38/h2-4,7-14,19-21,23,31,35H,5-6,15-16,18,22H2,1H3,(H,34,37,41)/t23-,31+/m1/s1. The first-order valence-electron chi connectivity index (χ1n) is 13.9. The van der Waals surface area contributed by atoms with Crippen LogP contribution in [0.25, 0.3) is 11.1 Å². The van der Waals surface area contributed by atoms with E-state index in [-0.39, 0.29) is 24.3 Å². The molecule has 0 bridgehead atoms. The largest absolute Gasteiger partial charge is 0.341 e. The molecule has 2 N–H and O–H groups in total. The lowest BCUT2D eigenvalue weighted by Crippen LogP contribution is -2.35. The minimum absolute atomic E-state index is 0.0845. The Kier molecular flexibility index (Phi) is 8.82. The first-order valence-corrected chi connectivity index (χ1v) is 13.9. The summed E-state index contributed by atoms with van der Waals surface area (Å²) >= 11 is 0. The first-order chi connectivity index (χ1) is 20.0. The van der Waals surface area contributed by atoms with Gasteiger partial charge in [0.1, 0.15) is 18.4 Å². The summed E-state index contributed by atoms with van der Waals surface area (Å²) in [5, 5.41) is 19.8. The predicted molar refractivity (Wildman–Crippen MR) is 157 cm³/mol. The van der Waals surface area contributed by atoms with Crippen molar-refractivity contribution in [2.75, 3.05) is 25.0 Å². The lowest BCUT2D eigenvalue weighted by atomic mass is 9.98. The van der Waals surface area contributed by atoms with Gasteiger partial charge in [-0.2, -0.15) is 10.4 Å². The maximum Gasteiger partial charge on any atom is 0.247 e. The number of hydrogen-bond acceptors (Lipinski definition) is 6. The van der Waals surface area contributed by atoms with Gasteiger partial charge in [0, 0.05) is 43.2 Å². The van der Waals surface area contributed by atoms with Crippen molar-refractivity contribution in [1.29, 1.82) is 5.26 Å². The summed E-state index contributed by atoms with van der Waals surface area (Å²) < 4.78 is 1.65. The Morgan fingerprint density at radius 1 is 0.951 bits per heavy atom. The van der Waals surface area contributed by atoms with E-state index < -0.39 is 6.04 Å². The zero-order valence-electron chi connectivity index (χ0n) is 23.0. The number of pyridine rings is 1. The third kappa shape index (κ3) is 7.04. The third-order valence-corrected chi connectivity index (χ3v) is 7.37. The smallest absolute Gasteiger partial charge is 0.247 e. The molecule has 2 atom stereocenters. The average Bonchev–Trinajstić information content (AvgIpc) is 3.71. The number of anilines is 1. The van der Waals surface area contributed by atoms with Crippen LogP contribution in [0.2, 0.25) is 0 Å². The van der Waals surface area contributed by atoms with Crippen molar-refractivity contribution in [3.63, 3.8) is 0 Å². The Bertz CT molecular complexity index is 1500. The van der Waals surface area contributed by atoms with Gasteiger partial charge in [-0.25, -0.2) is 4.98 Å². The van der Waals surface area contributed by atoms with E-state index >= 15 is 0 Å². The molecular weight excluding hydrogens is 514 g/mol. The van der Waals surface area contributed by atoms with Crippen molar-refractivity contribution in [2.24, 2.45) is 0 Å². The van der Waals surface area contributed by atoms with Gasteiger partial charge in [-0.05, 0) is 54.2 Å². The van der Waals surface area contributed by atoms with Gasteiger partial charge in [0.25, 0.3) is 0 Å². The summed E-state index contributed by atoms with van der Waals surface area (Å²) in [6, 6.07) is 22.3. The highest BCUT2D eigenvalue weighted by Crippen LogP contribution is 2.22. The highest BCUT2D eigenvalue weighted by atomic mass is 16.2. The van der Waals surface area contributed by atoms with Gasteiger partial charge in [0.15, 0.2) is 0 Å². The van der Waals surface area contributed by atoms with Crippen LogP contribution in [0, 0.1) is 11.3 Å². The van der Waals surface area contributed by atoms with E-state index in [1.165, 1.54) is 0 Å². The number of benzene rings is 2. The van der Waals surface area contributed by atoms with Gasteiger partial charge in [0.05, 0.1) is 17.8 Å². The van der Waals surface area contributed by atoms with E-state index in [0.717, 1.165) is 48.2 Å². The van der Waals surface area contributed by atoms with Crippen molar-refractivity contribution in [3.05, 3.63) is 102 Å². The Labute approximate surface area is 239 Å². The monoisotopic (exact) mass is 547 g/mol. The van der Waals surface area contributed by atoms with Crippen LogP contribution in [0.3, 0.4) is 0 Å². The van der Waals surface area contributed by atoms with Crippen molar-refractivity contribution in [1.82, 2.24) is 25.0 Å². The highest BCUT2D eigenvalue weighted by molar-refractivity contribution is 5.95. The van der Waals surface area contributed by atoms with Gasteiger partial charge in [-0.15, -0.1) is 0 Å². The zero-order valence-corrected chi connectivity index (χ0v) is 23.0. The summed E-state index contributed by atoms with van der Waals surface area (Å²) in [5.41, 5.74) is 4.26. The number of nitrogens with one attached hydrogen (secondary N) is 2. The molecule has 41 heavy (non-hydrogen) atoms.